The van der Waals surface area contributed by atoms with Gasteiger partial charge in [0.15, 0.2) is 5.76 Å². The van der Waals surface area contributed by atoms with Gasteiger partial charge in [0.2, 0.25) is 5.91 Å². The third-order valence-corrected chi connectivity index (χ3v) is 2.94. The summed E-state index contributed by atoms with van der Waals surface area (Å²) in [6, 6.07) is 1.61. The van der Waals surface area contributed by atoms with Crippen molar-refractivity contribution >= 4 is 23.4 Å². The molecule has 112 valence electrons. The van der Waals surface area contributed by atoms with Crippen molar-refractivity contribution in [2.75, 3.05) is 26.8 Å². The Morgan fingerprint density at radius 1 is 1.35 bits per heavy atom. The molecule has 0 aliphatic rings. The smallest absolute Gasteiger partial charge is 0.287 e. The molecule has 1 aromatic rings. The van der Waals surface area contributed by atoms with Gasteiger partial charge in [-0.1, -0.05) is 0 Å². The Morgan fingerprint density at radius 3 is 2.70 bits per heavy atom. The molecule has 0 spiro atoms. The van der Waals surface area contributed by atoms with Gasteiger partial charge >= 0.3 is 0 Å². The van der Waals surface area contributed by atoms with Crippen LogP contribution in [0.1, 0.15) is 28.3 Å². The van der Waals surface area contributed by atoms with Crippen molar-refractivity contribution < 1.29 is 18.7 Å². The third kappa shape index (κ3) is 5.22. The number of halogens is 1. The van der Waals surface area contributed by atoms with Crippen LogP contribution in [-0.2, 0) is 15.4 Å². The van der Waals surface area contributed by atoms with Crippen LogP contribution in [0.25, 0.3) is 0 Å². The Morgan fingerprint density at radius 2 is 2.10 bits per heavy atom. The molecule has 0 saturated carbocycles. The lowest BCUT2D eigenvalue weighted by Crippen LogP contribution is -2.32. The van der Waals surface area contributed by atoms with Gasteiger partial charge in [-0.25, -0.2) is 0 Å². The Hall–Kier alpha value is -1.53. The SMILES string of the molecule is COCCNC(=O)CCNC(=O)c1cc(CCl)c(C)o1. The van der Waals surface area contributed by atoms with Crippen LogP contribution in [0, 0.1) is 6.92 Å². The van der Waals surface area contributed by atoms with E-state index in [1.807, 2.05) is 0 Å². The largest absolute Gasteiger partial charge is 0.456 e. The number of alkyl halides is 1. The van der Waals surface area contributed by atoms with Crippen LogP contribution in [0.2, 0.25) is 0 Å². The molecule has 2 N–H and O–H groups in total. The number of carbonyl (C=O) groups excluding carboxylic acids is 2. The molecule has 7 heteroatoms. The van der Waals surface area contributed by atoms with Crippen LogP contribution < -0.4 is 10.6 Å². The highest BCUT2D eigenvalue weighted by molar-refractivity contribution is 6.17. The van der Waals surface area contributed by atoms with E-state index in [0.29, 0.717) is 24.8 Å². The fourth-order valence-electron chi connectivity index (χ4n) is 1.52. The van der Waals surface area contributed by atoms with Crippen LogP contribution in [0.5, 0.6) is 0 Å². The van der Waals surface area contributed by atoms with E-state index in [-0.39, 0.29) is 30.5 Å². The molecule has 1 aromatic heterocycles. The highest BCUT2D eigenvalue weighted by atomic mass is 35.5. The monoisotopic (exact) mass is 302 g/mol. The average molecular weight is 303 g/mol. The maximum Gasteiger partial charge on any atom is 0.287 e. The van der Waals surface area contributed by atoms with Gasteiger partial charge in [0.25, 0.3) is 5.91 Å². The summed E-state index contributed by atoms with van der Waals surface area (Å²) in [7, 11) is 1.56. The zero-order chi connectivity index (χ0) is 15.0. The molecule has 0 aliphatic heterocycles. The molecule has 0 atom stereocenters. The van der Waals surface area contributed by atoms with Crippen LogP contribution in [0.15, 0.2) is 10.5 Å². The van der Waals surface area contributed by atoms with Gasteiger partial charge in [-0.05, 0) is 13.0 Å². The summed E-state index contributed by atoms with van der Waals surface area (Å²) >= 11 is 5.70. The second-order valence-corrected chi connectivity index (χ2v) is 4.44. The number of hydrogen-bond donors (Lipinski definition) is 2. The molecule has 20 heavy (non-hydrogen) atoms. The maximum atomic E-state index is 11.8. The van der Waals surface area contributed by atoms with Crippen molar-refractivity contribution in [3.8, 4) is 0 Å². The van der Waals surface area contributed by atoms with Crippen LogP contribution in [-0.4, -0.2) is 38.6 Å². The highest BCUT2D eigenvalue weighted by Crippen LogP contribution is 2.16. The minimum Gasteiger partial charge on any atom is -0.456 e. The molecular weight excluding hydrogens is 284 g/mol. The number of furan rings is 1. The number of hydrogen-bond acceptors (Lipinski definition) is 4. The number of ether oxygens (including phenoxy) is 1. The topological polar surface area (TPSA) is 80.6 Å². The molecule has 0 saturated heterocycles. The Balaban J connectivity index is 2.30. The molecule has 0 unspecified atom stereocenters. The summed E-state index contributed by atoms with van der Waals surface area (Å²) < 4.78 is 10.1. The fraction of sp³-hybridized carbons (Fsp3) is 0.538. The molecule has 0 fully saturated rings. The lowest BCUT2D eigenvalue weighted by molar-refractivity contribution is -0.121. The van der Waals surface area contributed by atoms with Crippen LogP contribution >= 0.6 is 11.6 Å². The van der Waals surface area contributed by atoms with E-state index < -0.39 is 0 Å². The average Bonchev–Trinajstić information content (AvgIpc) is 2.80. The predicted molar refractivity (Wildman–Crippen MR) is 74.8 cm³/mol. The third-order valence-electron chi connectivity index (χ3n) is 2.65. The summed E-state index contributed by atoms with van der Waals surface area (Å²) in [5.41, 5.74) is 0.786. The summed E-state index contributed by atoms with van der Waals surface area (Å²) in [5, 5.41) is 5.28. The summed E-state index contributed by atoms with van der Waals surface area (Å²) in [5.74, 6) is 0.638. The minimum atomic E-state index is -0.353. The predicted octanol–water partition coefficient (Wildman–Crippen LogP) is 1.21. The van der Waals surface area contributed by atoms with E-state index in [2.05, 4.69) is 10.6 Å². The van der Waals surface area contributed by atoms with Crippen molar-refractivity contribution in [1.29, 1.82) is 0 Å². The van der Waals surface area contributed by atoms with Crippen molar-refractivity contribution in [3.05, 3.63) is 23.2 Å². The Kier molecular flexibility index (Phi) is 7.11. The first kappa shape index (κ1) is 16.5. The number of methoxy groups -OCH3 is 1. The number of amides is 2. The van der Waals surface area contributed by atoms with E-state index in [9.17, 15) is 9.59 Å². The maximum absolute atomic E-state index is 11.8. The highest BCUT2D eigenvalue weighted by Gasteiger charge is 2.13. The van der Waals surface area contributed by atoms with Gasteiger partial charge in [0.1, 0.15) is 5.76 Å². The van der Waals surface area contributed by atoms with Gasteiger partial charge in [-0.2, -0.15) is 0 Å². The number of rotatable bonds is 8. The number of carbonyl (C=O) groups is 2. The number of aryl methyl sites for hydroxylation is 1. The summed E-state index contributed by atoms with van der Waals surface area (Å²) in [6.07, 6.45) is 0.206. The fourth-order valence-corrected chi connectivity index (χ4v) is 1.79. The summed E-state index contributed by atoms with van der Waals surface area (Å²) in [4.78, 5) is 23.1. The Bertz CT molecular complexity index is 459. The molecule has 0 aliphatic carbocycles. The van der Waals surface area contributed by atoms with Gasteiger partial charge in [0.05, 0.1) is 12.5 Å². The molecule has 1 rings (SSSR count). The van der Waals surface area contributed by atoms with E-state index in [1.54, 1.807) is 20.1 Å². The van der Waals surface area contributed by atoms with Gasteiger partial charge in [0, 0.05) is 32.2 Å². The van der Waals surface area contributed by atoms with Crippen LogP contribution in [0.4, 0.5) is 0 Å². The zero-order valence-electron chi connectivity index (χ0n) is 11.6. The quantitative estimate of drug-likeness (QED) is 0.559. The van der Waals surface area contributed by atoms with Crippen molar-refractivity contribution in [2.24, 2.45) is 0 Å². The van der Waals surface area contributed by atoms with E-state index in [1.165, 1.54) is 0 Å². The first-order chi connectivity index (χ1) is 9.58. The van der Waals surface area contributed by atoms with Crippen molar-refractivity contribution in [1.82, 2.24) is 10.6 Å². The van der Waals surface area contributed by atoms with Gasteiger partial charge < -0.3 is 19.8 Å². The minimum absolute atomic E-state index is 0.139. The molecule has 0 bridgehead atoms. The molecule has 6 nitrogen and oxygen atoms in total. The second-order valence-electron chi connectivity index (χ2n) is 4.17. The normalized spacial score (nSPS) is 10.3. The van der Waals surface area contributed by atoms with Crippen LogP contribution in [0.3, 0.4) is 0 Å². The molecule has 0 radical (unpaired) electrons. The van der Waals surface area contributed by atoms with Crippen molar-refractivity contribution in [2.45, 2.75) is 19.2 Å². The van der Waals surface area contributed by atoms with E-state index >= 15 is 0 Å². The lowest BCUT2D eigenvalue weighted by Gasteiger charge is -2.05. The molecular formula is C13H19ClN2O4. The first-order valence-corrected chi connectivity index (χ1v) is 6.81. The van der Waals surface area contributed by atoms with Gasteiger partial charge in [-0.15, -0.1) is 11.6 Å². The molecule has 0 aromatic carbocycles. The molecule has 1 heterocycles. The zero-order valence-corrected chi connectivity index (χ0v) is 12.4. The van der Waals surface area contributed by atoms with Crippen molar-refractivity contribution in [3.63, 3.8) is 0 Å². The van der Waals surface area contributed by atoms with E-state index in [0.717, 1.165) is 5.56 Å². The first-order valence-electron chi connectivity index (χ1n) is 6.27. The standard InChI is InChI=1S/C13H19ClN2O4/c1-9-10(8-14)7-11(20-9)13(18)16-4-3-12(17)15-5-6-19-2/h7H,3-6,8H2,1-2H3,(H,15,17)(H,16,18). The second kappa shape index (κ2) is 8.60. The van der Waals surface area contributed by atoms with Gasteiger partial charge in [-0.3, -0.25) is 9.59 Å². The summed E-state index contributed by atoms with van der Waals surface area (Å²) in [6.45, 7) is 2.91. The molecule has 2 amide bonds. The Labute approximate surface area is 122 Å². The lowest BCUT2D eigenvalue weighted by atomic mass is 10.3. The van der Waals surface area contributed by atoms with E-state index in [4.69, 9.17) is 20.8 Å². The number of nitrogens with one attached hydrogen (secondary N) is 2.